The van der Waals surface area contributed by atoms with Crippen molar-refractivity contribution < 1.29 is 19.5 Å². The number of pyridine rings is 1. The molecule has 8 nitrogen and oxygen atoms in total. The molecule has 0 spiro atoms. The predicted octanol–water partition coefficient (Wildman–Crippen LogP) is 1.99. The summed E-state index contributed by atoms with van der Waals surface area (Å²) in [7, 11) is 0. The zero-order valence-electron chi connectivity index (χ0n) is 15.9. The van der Waals surface area contributed by atoms with Crippen molar-refractivity contribution in [3.63, 3.8) is 0 Å². The van der Waals surface area contributed by atoms with Crippen LogP contribution in [0.25, 0.3) is 11.3 Å². The number of aromatic nitrogens is 1. The van der Waals surface area contributed by atoms with Crippen molar-refractivity contribution >= 4 is 23.5 Å². The minimum Gasteiger partial charge on any atom is -0.477 e. The third-order valence-corrected chi connectivity index (χ3v) is 4.65. The van der Waals surface area contributed by atoms with Gasteiger partial charge in [0.15, 0.2) is 0 Å². The number of H-pyrrole nitrogens is 1. The Bertz CT molecular complexity index is 949. The number of nitrogens with two attached hydrogens (primary N) is 1. The normalized spacial score (nSPS) is 12.9. The number of rotatable bonds is 6. The van der Waals surface area contributed by atoms with Gasteiger partial charge in [-0.3, -0.25) is 14.4 Å². The van der Waals surface area contributed by atoms with Gasteiger partial charge in [0.2, 0.25) is 5.91 Å². The Kier molecular flexibility index (Phi) is 6.48. The second-order valence-electron chi connectivity index (χ2n) is 6.57. The van der Waals surface area contributed by atoms with E-state index >= 15 is 0 Å². The Morgan fingerprint density at radius 3 is 2.21 bits per heavy atom. The smallest absolute Gasteiger partial charge is 0.341 e. The highest BCUT2D eigenvalue weighted by atomic mass is 16.4. The van der Waals surface area contributed by atoms with E-state index in [4.69, 9.17) is 10.8 Å². The number of benzene rings is 1. The molecule has 0 aliphatic heterocycles. The van der Waals surface area contributed by atoms with Crippen LogP contribution in [0.1, 0.15) is 37.6 Å². The fourth-order valence-corrected chi connectivity index (χ4v) is 2.71. The number of imide groups is 1. The summed E-state index contributed by atoms with van der Waals surface area (Å²) in [6.07, 6.45) is 0.706. The third kappa shape index (κ3) is 4.34. The average molecular weight is 385 g/mol. The highest BCUT2D eigenvalue weighted by Crippen LogP contribution is 2.23. The molecule has 148 valence electrons. The van der Waals surface area contributed by atoms with Crippen LogP contribution in [-0.2, 0) is 9.59 Å². The molecule has 1 aromatic heterocycles. The van der Waals surface area contributed by atoms with Gasteiger partial charge in [0.05, 0.1) is 11.7 Å². The average Bonchev–Trinajstić information content (AvgIpc) is 2.66. The largest absolute Gasteiger partial charge is 0.477 e. The first kappa shape index (κ1) is 21.0. The molecule has 0 fully saturated rings. The van der Waals surface area contributed by atoms with Gasteiger partial charge in [0.25, 0.3) is 11.5 Å². The molecule has 0 bridgehead atoms. The van der Waals surface area contributed by atoms with Crippen LogP contribution < -0.4 is 16.2 Å². The summed E-state index contributed by atoms with van der Waals surface area (Å²) in [6.45, 7) is 5.06. The molecular formula is C20H23N3O5. The fraction of sp³-hybridized carbons (Fsp3) is 0.300. The molecule has 4 N–H and O–H groups in total. The number of hydrogen-bond acceptors (Lipinski definition) is 5. The molecular weight excluding hydrogens is 362 g/mol. The summed E-state index contributed by atoms with van der Waals surface area (Å²) in [5.74, 6) is -2.31. The number of anilines is 1. The molecule has 0 saturated carbocycles. The summed E-state index contributed by atoms with van der Waals surface area (Å²) >= 11 is 0. The summed E-state index contributed by atoms with van der Waals surface area (Å²) < 4.78 is 0. The lowest BCUT2D eigenvalue weighted by Crippen LogP contribution is -2.49. The van der Waals surface area contributed by atoms with Crippen LogP contribution in [0.4, 0.5) is 5.69 Å². The summed E-state index contributed by atoms with van der Waals surface area (Å²) in [5, 5.41) is 8.93. The van der Waals surface area contributed by atoms with E-state index in [0.717, 1.165) is 4.90 Å². The maximum absolute atomic E-state index is 12.7. The van der Waals surface area contributed by atoms with Crippen molar-refractivity contribution in [2.75, 3.05) is 4.90 Å². The first-order chi connectivity index (χ1) is 13.2. The molecule has 0 aliphatic rings. The predicted molar refractivity (Wildman–Crippen MR) is 105 cm³/mol. The van der Waals surface area contributed by atoms with E-state index in [1.165, 1.54) is 19.1 Å². The Hall–Kier alpha value is -3.26. The van der Waals surface area contributed by atoms with E-state index in [2.05, 4.69) is 4.98 Å². The highest BCUT2D eigenvalue weighted by molar-refractivity contribution is 6.15. The van der Waals surface area contributed by atoms with Crippen LogP contribution in [0.15, 0.2) is 41.2 Å². The van der Waals surface area contributed by atoms with E-state index in [1.807, 2.05) is 13.8 Å². The number of carboxylic acid groups (broad SMARTS) is 1. The van der Waals surface area contributed by atoms with Crippen LogP contribution >= 0.6 is 0 Å². The van der Waals surface area contributed by atoms with Crippen LogP contribution in [-0.4, -0.2) is 33.9 Å². The van der Waals surface area contributed by atoms with Crippen LogP contribution in [0, 0.1) is 5.92 Å². The number of hydrogen-bond donors (Lipinski definition) is 3. The second kappa shape index (κ2) is 8.62. The van der Waals surface area contributed by atoms with Crippen LogP contribution in [0.5, 0.6) is 0 Å². The molecule has 1 heterocycles. The van der Waals surface area contributed by atoms with Crippen LogP contribution in [0.3, 0.4) is 0 Å². The molecule has 28 heavy (non-hydrogen) atoms. The minimum absolute atomic E-state index is 0.0774. The summed E-state index contributed by atoms with van der Waals surface area (Å²) in [4.78, 5) is 51.0. The molecule has 0 saturated heterocycles. The maximum atomic E-state index is 12.7. The van der Waals surface area contributed by atoms with Gasteiger partial charge in [0, 0.05) is 12.6 Å². The van der Waals surface area contributed by atoms with Gasteiger partial charge in [-0.2, -0.15) is 0 Å². The van der Waals surface area contributed by atoms with Gasteiger partial charge in [-0.15, -0.1) is 0 Å². The molecule has 2 amide bonds. The number of carbonyl (C=O) groups excluding carboxylic acids is 2. The number of carboxylic acids is 1. The number of carbonyl (C=O) groups is 3. The zero-order chi connectivity index (χ0) is 21.0. The van der Waals surface area contributed by atoms with Crippen molar-refractivity contribution in [2.45, 2.75) is 33.2 Å². The number of aromatic carboxylic acids is 1. The van der Waals surface area contributed by atoms with Gasteiger partial charge in [-0.1, -0.05) is 32.4 Å². The van der Waals surface area contributed by atoms with Gasteiger partial charge in [-0.25, -0.2) is 9.69 Å². The van der Waals surface area contributed by atoms with Crippen molar-refractivity contribution in [1.29, 1.82) is 0 Å². The van der Waals surface area contributed by atoms with Crippen molar-refractivity contribution in [3.05, 3.63) is 52.3 Å². The fourth-order valence-electron chi connectivity index (χ4n) is 2.71. The van der Waals surface area contributed by atoms with E-state index in [-0.39, 0.29) is 11.5 Å². The SMILES string of the molecule is CC[C@H](C)[C@H](N)C(=O)N(C(C)=O)c1ccc(-c2ccc(C(=O)O)c(=O)[nH]2)cc1. The lowest BCUT2D eigenvalue weighted by atomic mass is 9.98. The monoisotopic (exact) mass is 385 g/mol. The molecule has 8 heteroatoms. The van der Waals surface area contributed by atoms with E-state index in [0.29, 0.717) is 23.4 Å². The topological polar surface area (TPSA) is 134 Å². The zero-order valence-corrected chi connectivity index (χ0v) is 15.9. The van der Waals surface area contributed by atoms with Crippen LogP contribution in [0.2, 0.25) is 0 Å². The van der Waals surface area contributed by atoms with Gasteiger partial charge in [0.1, 0.15) is 5.56 Å². The summed E-state index contributed by atoms with van der Waals surface area (Å²) in [5.41, 5.74) is 6.30. The Labute approximate surface area is 162 Å². The van der Waals surface area contributed by atoms with E-state index < -0.39 is 29.4 Å². The standard InChI is InChI=1S/C20H23N3O5/c1-4-11(2)17(21)19(26)23(12(3)24)14-7-5-13(6-8-14)16-10-9-15(20(27)28)18(25)22-16/h5-11,17H,4,21H2,1-3H3,(H,22,25)(H,27,28)/t11-,17-/m0/s1. The molecule has 1 aromatic carbocycles. The third-order valence-electron chi connectivity index (χ3n) is 4.65. The number of amides is 2. The van der Waals surface area contributed by atoms with Crippen molar-refractivity contribution in [3.8, 4) is 11.3 Å². The quantitative estimate of drug-likeness (QED) is 0.696. The van der Waals surface area contributed by atoms with Gasteiger partial charge < -0.3 is 15.8 Å². The number of nitrogens with one attached hydrogen (secondary N) is 1. The Balaban J connectivity index is 2.35. The number of aromatic amines is 1. The number of nitrogens with zero attached hydrogens (tertiary/aromatic N) is 1. The summed E-state index contributed by atoms with van der Waals surface area (Å²) in [6, 6.07) is 8.29. The van der Waals surface area contributed by atoms with Crippen molar-refractivity contribution in [2.24, 2.45) is 11.7 Å². The molecule has 0 aliphatic carbocycles. The molecule has 2 atom stereocenters. The van der Waals surface area contributed by atoms with Gasteiger partial charge in [-0.05, 0) is 35.7 Å². The minimum atomic E-state index is -1.31. The Morgan fingerprint density at radius 2 is 1.75 bits per heavy atom. The van der Waals surface area contributed by atoms with E-state index in [9.17, 15) is 19.2 Å². The highest BCUT2D eigenvalue weighted by Gasteiger charge is 2.28. The molecule has 0 unspecified atom stereocenters. The lowest BCUT2D eigenvalue weighted by Gasteiger charge is -2.25. The second-order valence-corrected chi connectivity index (χ2v) is 6.57. The molecule has 2 rings (SSSR count). The maximum Gasteiger partial charge on any atom is 0.341 e. The lowest BCUT2D eigenvalue weighted by molar-refractivity contribution is -0.126. The van der Waals surface area contributed by atoms with E-state index in [1.54, 1.807) is 24.3 Å². The molecule has 0 radical (unpaired) electrons. The molecule has 2 aromatic rings. The Morgan fingerprint density at radius 1 is 1.14 bits per heavy atom. The first-order valence-electron chi connectivity index (χ1n) is 8.84. The van der Waals surface area contributed by atoms with Gasteiger partial charge >= 0.3 is 5.97 Å². The van der Waals surface area contributed by atoms with Crippen molar-refractivity contribution in [1.82, 2.24) is 4.98 Å². The first-order valence-corrected chi connectivity index (χ1v) is 8.84.